The second kappa shape index (κ2) is 13.2. The summed E-state index contributed by atoms with van der Waals surface area (Å²) in [5, 5.41) is 21.1. The number of aliphatic hydroxyl groups is 2. The van der Waals surface area contributed by atoms with Crippen molar-refractivity contribution in [2.75, 3.05) is 25.1 Å². The molecule has 0 aliphatic rings. The van der Waals surface area contributed by atoms with Crippen LogP contribution in [0.1, 0.15) is 58.3 Å². The van der Waals surface area contributed by atoms with Crippen molar-refractivity contribution in [1.82, 2.24) is 0 Å². The monoisotopic (exact) mass is 323 g/mol. The SMILES string of the molecule is CCCCCCCCCCOc1ccc(NCC(O)CO)cc1. The molecule has 0 aromatic heterocycles. The lowest BCUT2D eigenvalue weighted by Crippen LogP contribution is -2.22. The Kier molecular flexibility index (Phi) is 11.4. The lowest BCUT2D eigenvalue weighted by molar-refractivity contribution is 0.105. The number of hydrogen-bond acceptors (Lipinski definition) is 4. The molecule has 0 bridgehead atoms. The van der Waals surface area contributed by atoms with E-state index >= 15 is 0 Å². The van der Waals surface area contributed by atoms with Crippen LogP contribution < -0.4 is 10.1 Å². The van der Waals surface area contributed by atoms with E-state index in [2.05, 4.69) is 12.2 Å². The molecule has 0 saturated carbocycles. The lowest BCUT2D eigenvalue weighted by atomic mass is 10.1. The largest absolute Gasteiger partial charge is 0.494 e. The average molecular weight is 323 g/mol. The van der Waals surface area contributed by atoms with E-state index in [0.29, 0.717) is 6.54 Å². The zero-order valence-electron chi connectivity index (χ0n) is 14.5. The van der Waals surface area contributed by atoms with Gasteiger partial charge in [-0.2, -0.15) is 0 Å². The van der Waals surface area contributed by atoms with E-state index in [-0.39, 0.29) is 6.61 Å². The van der Waals surface area contributed by atoms with Crippen LogP contribution >= 0.6 is 0 Å². The Bertz CT molecular complexity index is 381. The van der Waals surface area contributed by atoms with Crippen LogP contribution in [0, 0.1) is 0 Å². The Balaban J connectivity index is 2.04. The summed E-state index contributed by atoms with van der Waals surface area (Å²) in [6.07, 6.45) is 9.70. The molecule has 0 aliphatic heterocycles. The smallest absolute Gasteiger partial charge is 0.119 e. The third kappa shape index (κ3) is 10.2. The summed E-state index contributed by atoms with van der Waals surface area (Å²) in [7, 11) is 0. The van der Waals surface area contributed by atoms with Gasteiger partial charge in [0, 0.05) is 12.2 Å². The quantitative estimate of drug-likeness (QED) is 0.453. The Morgan fingerprint density at radius 2 is 1.57 bits per heavy atom. The summed E-state index contributed by atoms with van der Waals surface area (Å²) in [6.45, 7) is 3.13. The highest BCUT2D eigenvalue weighted by molar-refractivity contribution is 5.46. The maximum absolute atomic E-state index is 9.28. The van der Waals surface area contributed by atoms with Gasteiger partial charge in [-0.25, -0.2) is 0 Å². The molecule has 0 saturated heterocycles. The molecule has 0 heterocycles. The molecule has 1 unspecified atom stereocenters. The van der Waals surface area contributed by atoms with Crippen molar-refractivity contribution in [2.45, 2.75) is 64.4 Å². The predicted octanol–water partition coefficient (Wildman–Crippen LogP) is 3.97. The lowest BCUT2D eigenvalue weighted by Gasteiger charge is -2.11. The number of nitrogens with one attached hydrogen (secondary N) is 1. The first-order valence-electron chi connectivity index (χ1n) is 9.02. The molecule has 4 heteroatoms. The number of aliphatic hydroxyl groups excluding tert-OH is 2. The minimum atomic E-state index is -0.729. The molecule has 0 amide bonds. The van der Waals surface area contributed by atoms with Gasteiger partial charge in [-0.3, -0.25) is 0 Å². The zero-order chi connectivity index (χ0) is 16.8. The Hall–Kier alpha value is -1.26. The molecule has 1 aromatic carbocycles. The molecule has 0 spiro atoms. The topological polar surface area (TPSA) is 61.7 Å². The second-order valence-corrected chi connectivity index (χ2v) is 6.07. The molecular formula is C19H33NO3. The van der Waals surface area contributed by atoms with Gasteiger partial charge in [0.05, 0.1) is 19.3 Å². The van der Waals surface area contributed by atoms with E-state index in [4.69, 9.17) is 9.84 Å². The van der Waals surface area contributed by atoms with E-state index in [1.807, 2.05) is 24.3 Å². The Morgan fingerprint density at radius 3 is 2.17 bits per heavy atom. The molecule has 1 atom stereocenters. The number of rotatable bonds is 14. The summed E-state index contributed by atoms with van der Waals surface area (Å²) in [6, 6.07) is 7.71. The predicted molar refractivity (Wildman–Crippen MR) is 96.1 cm³/mol. The van der Waals surface area contributed by atoms with E-state index in [0.717, 1.165) is 24.5 Å². The first-order chi connectivity index (χ1) is 11.3. The normalized spacial score (nSPS) is 12.1. The fourth-order valence-electron chi connectivity index (χ4n) is 2.40. The fraction of sp³-hybridized carbons (Fsp3) is 0.684. The molecule has 0 radical (unpaired) electrons. The molecule has 3 N–H and O–H groups in total. The van der Waals surface area contributed by atoms with Gasteiger partial charge in [0.25, 0.3) is 0 Å². The van der Waals surface area contributed by atoms with Crippen molar-refractivity contribution < 1.29 is 14.9 Å². The molecular weight excluding hydrogens is 290 g/mol. The molecule has 1 aromatic rings. The van der Waals surface area contributed by atoms with E-state index in [1.54, 1.807) is 0 Å². The highest BCUT2D eigenvalue weighted by Crippen LogP contribution is 2.16. The summed E-state index contributed by atoms with van der Waals surface area (Å²) >= 11 is 0. The third-order valence-electron chi connectivity index (χ3n) is 3.87. The average Bonchev–Trinajstić information content (AvgIpc) is 2.59. The van der Waals surface area contributed by atoms with Gasteiger partial charge in [0.15, 0.2) is 0 Å². The highest BCUT2D eigenvalue weighted by Gasteiger charge is 2.01. The van der Waals surface area contributed by atoms with Gasteiger partial charge in [0.2, 0.25) is 0 Å². The number of ether oxygens (including phenoxy) is 1. The summed E-state index contributed by atoms with van der Waals surface area (Å²) < 4.78 is 5.74. The van der Waals surface area contributed by atoms with Crippen LogP contribution in [0.3, 0.4) is 0 Å². The van der Waals surface area contributed by atoms with E-state index in [1.165, 1.54) is 44.9 Å². The maximum Gasteiger partial charge on any atom is 0.119 e. The number of anilines is 1. The van der Waals surface area contributed by atoms with Crippen LogP contribution in [0.2, 0.25) is 0 Å². The molecule has 23 heavy (non-hydrogen) atoms. The minimum absolute atomic E-state index is 0.229. The summed E-state index contributed by atoms with van der Waals surface area (Å²) in [4.78, 5) is 0. The number of hydrogen-bond donors (Lipinski definition) is 3. The first kappa shape index (κ1) is 19.8. The second-order valence-electron chi connectivity index (χ2n) is 6.07. The van der Waals surface area contributed by atoms with Gasteiger partial charge in [-0.05, 0) is 30.7 Å². The number of benzene rings is 1. The first-order valence-corrected chi connectivity index (χ1v) is 9.02. The van der Waals surface area contributed by atoms with Crippen LogP contribution in [0.5, 0.6) is 5.75 Å². The molecule has 132 valence electrons. The summed E-state index contributed by atoms with van der Waals surface area (Å²) in [5.41, 5.74) is 0.914. The third-order valence-corrected chi connectivity index (χ3v) is 3.87. The van der Waals surface area contributed by atoms with Gasteiger partial charge in [0.1, 0.15) is 5.75 Å². The zero-order valence-corrected chi connectivity index (χ0v) is 14.5. The standard InChI is InChI=1S/C19H33NO3/c1-2-3-4-5-6-7-8-9-14-23-19-12-10-17(11-13-19)20-15-18(22)16-21/h10-13,18,20-22H,2-9,14-16H2,1H3. The Labute approximate surface area is 140 Å². The van der Waals surface area contributed by atoms with Crippen molar-refractivity contribution in [3.8, 4) is 5.75 Å². The number of unbranched alkanes of at least 4 members (excludes halogenated alkanes) is 7. The maximum atomic E-state index is 9.28. The van der Waals surface area contributed by atoms with Gasteiger partial charge >= 0.3 is 0 Å². The van der Waals surface area contributed by atoms with E-state index < -0.39 is 6.10 Å². The van der Waals surface area contributed by atoms with Gasteiger partial charge in [-0.1, -0.05) is 51.9 Å². The van der Waals surface area contributed by atoms with Crippen LogP contribution in [-0.4, -0.2) is 36.1 Å². The molecule has 4 nitrogen and oxygen atoms in total. The van der Waals surface area contributed by atoms with Crippen LogP contribution in [0.4, 0.5) is 5.69 Å². The Morgan fingerprint density at radius 1 is 0.957 bits per heavy atom. The van der Waals surface area contributed by atoms with Crippen molar-refractivity contribution in [2.24, 2.45) is 0 Å². The van der Waals surface area contributed by atoms with Gasteiger partial charge in [-0.15, -0.1) is 0 Å². The van der Waals surface area contributed by atoms with Gasteiger partial charge < -0.3 is 20.3 Å². The minimum Gasteiger partial charge on any atom is -0.494 e. The van der Waals surface area contributed by atoms with Crippen molar-refractivity contribution in [1.29, 1.82) is 0 Å². The fourth-order valence-corrected chi connectivity index (χ4v) is 2.40. The highest BCUT2D eigenvalue weighted by atomic mass is 16.5. The van der Waals surface area contributed by atoms with E-state index in [9.17, 15) is 5.11 Å². The van der Waals surface area contributed by atoms with Crippen LogP contribution in [0.15, 0.2) is 24.3 Å². The van der Waals surface area contributed by atoms with Crippen molar-refractivity contribution >= 4 is 5.69 Å². The molecule has 1 rings (SSSR count). The van der Waals surface area contributed by atoms with Crippen LogP contribution in [0.25, 0.3) is 0 Å². The van der Waals surface area contributed by atoms with Crippen LogP contribution in [-0.2, 0) is 0 Å². The molecule has 0 aliphatic carbocycles. The molecule has 0 fully saturated rings. The van der Waals surface area contributed by atoms with Crippen molar-refractivity contribution in [3.63, 3.8) is 0 Å². The summed E-state index contributed by atoms with van der Waals surface area (Å²) in [5.74, 6) is 0.876. The van der Waals surface area contributed by atoms with Crippen molar-refractivity contribution in [3.05, 3.63) is 24.3 Å².